The Bertz CT molecular complexity index is 526. The maximum absolute atomic E-state index is 11.8. The van der Waals surface area contributed by atoms with Crippen molar-refractivity contribution in [3.8, 4) is 0 Å². The summed E-state index contributed by atoms with van der Waals surface area (Å²) in [4.78, 5) is 11.8. The molecule has 84 valence electrons. The third-order valence-electron chi connectivity index (χ3n) is 2.18. The molecule has 2 aromatic rings. The van der Waals surface area contributed by atoms with E-state index in [9.17, 15) is 4.79 Å². The summed E-state index contributed by atoms with van der Waals surface area (Å²) in [5, 5.41) is 10.5. The van der Waals surface area contributed by atoms with Gasteiger partial charge in [0.25, 0.3) is 5.91 Å². The van der Waals surface area contributed by atoms with E-state index in [1.54, 1.807) is 31.0 Å². The van der Waals surface area contributed by atoms with E-state index >= 15 is 0 Å². The highest BCUT2D eigenvalue weighted by atomic mass is 16.1. The molecule has 2 rings (SSSR count). The predicted molar refractivity (Wildman–Crippen MR) is 58.8 cm³/mol. The Morgan fingerprint density at radius 3 is 2.75 bits per heavy atom. The van der Waals surface area contributed by atoms with Crippen molar-refractivity contribution in [1.29, 1.82) is 0 Å². The molecule has 7 heteroatoms. The number of hydrogen-bond acceptors (Lipinski definition) is 4. The fourth-order valence-corrected chi connectivity index (χ4v) is 1.29. The SMILES string of the molecule is Cn1ccc(NC(=O)c2cnn(C)c2N)n1. The van der Waals surface area contributed by atoms with Crippen LogP contribution in [-0.2, 0) is 14.1 Å². The van der Waals surface area contributed by atoms with E-state index in [-0.39, 0.29) is 5.91 Å². The van der Waals surface area contributed by atoms with Gasteiger partial charge in [-0.2, -0.15) is 10.2 Å². The lowest BCUT2D eigenvalue weighted by Gasteiger charge is -2.00. The van der Waals surface area contributed by atoms with Gasteiger partial charge in [0.1, 0.15) is 11.4 Å². The average molecular weight is 220 g/mol. The molecule has 0 unspecified atom stereocenters. The zero-order chi connectivity index (χ0) is 11.7. The number of nitrogen functional groups attached to an aromatic ring is 1. The maximum Gasteiger partial charge on any atom is 0.262 e. The monoisotopic (exact) mass is 220 g/mol. The van der Waals surface area contributed by atoms with E-state index in [0.29, 0.717) is 17.2 Å². The van der Waals surface area contributed by atoms with Crippen LogP contribution in [0.25, 0.3) is 0 Å². The quantitative estimate of drug-likeness (QED) is 0.744. The molecule has 0 bridgehead atoms. The summed E-state index contributed by atoms with van der Waals surface area (Å²) >= 11 is 0. The van der Waals surface area contributed by atoms with Crippen LogP contribution in [0.15, 0.2) is 18.5 Å². The van der Waals surface area contributed by atoms with E-state index in [2.05, 4.69) is 15.5 Å². The molecule has 0 aliphatic rings. The normalized spacial score (nSPS) is 10.4. The highest BCUT2D eigenvalue weighted by molar-refractivity contribution is 6.06. The molecule has 0 aliphatic heterocycles. The number of anilines is 2. The molecule has 0 radical (unpaired) electrons. The van der Waals surface area contributed by atoms with Crippen molar-refractivity contribution >= 4 is 17.5 Å². The Hall–Kier alpha value is -2.31. The Balaban J connectivity index is 2.18. The minimum Gasteiger partial charge on any atom is -0.383 e. The van der Waals surface area contributed by atoms with Crippen LogP contribution in [0.3, 0.4) is 0 Å². The van der Waals surface area contributed by atoms with Crippen LogP contribution >= 0.6 is 0 Å². The molecule has 1 amide bonds. The molecular formula is C9H12N6O. The fourth-order valence-electron chi connectivity index (χ4n) is 1.29. The highest BCUT2D eigenvalue weighted by Gasteiger charge is 2.14. The fraction of sp³-hybridized carbons (Fsp3) is 0.222. The van der Waals surface area contributed by atoms with Gasteiger partial charge in [0.2, 0.25) is 0 Å². The van der Waals surface area contributed by atoms with E-state index < -0.39 is 0 Å². The van der Waals surface area contributed by atoms with Gasteiger partial charge in [-0.05, 0) is 0 Å². The number of nitrogens with zero attached hydrogens (tertiary/aromatic N) is 4. The highest BCUT2D eigenvalue weighted by Crippen LogP contribution is 2.11. The lowest BCUT2D eigenvalue weighted by molar-refractivity contribution is 0.102. The van der Waals surface area contributed by atoms with Gasteiger partial charge in [-0.3, -0.25) is 14.2 Å². The molecule has 3 N–H and O–H groups in total. The number of carbonyl (C=O) groups excluding carboxylic acids is 1. The minimum atomic E-state index is -0.315. The van der Waals surface area contributed by atoms with Gasteiger partial charge in [-0.1, -0.05) is 0 Å². The Kier molecular flexibility index (Phi) is 2.35. The van der Waals surface area contributed by atoms with Crippen LogP contribution in [0, 0.1) is 0 Å². The Morgan fingerprint density at radius 2 is 2.25 bits per heavy atom. The largest absolute Gasteiger partial charge is 0.383 e. The number of rotatable bonds is 2. The van der Waals surface area contributed by atoms with Gasteiger partial charge in [-0.25, -0.2) is 0 Å². The molecular weight excluding hydrogens is 208 g/mol. The van der Waals surface area contributed by atoms with Crippen LogP contribution in [0.2, 0.25) is 0 Å². The zero-order valence-electron chi connectivity index (χ0n) is 9.01. The number of aryl methyl sites for hydroxylation is 2. The molecule has 2 aromatic heterocycles. The first-order valence-corrected chi connectivity index (χ1v) is 4.66. The lowest BCUT2D eigenvalue weighted by Crippen LogP contribution is -2.14. The van der Waals surface area contributed by atoms with Crippen molar-refractivity contribution in [1.82, 2.24) is 19.6 Å². The van der Waals surface area contributed by atoms with E-state index in [1.165, 1.54) is 10.9 Å². The van der Waals surface area contributed by atoms with Crippen molar-refractivity contribution in [2.45, 2.75) is 0 Å². The van der Waals surface area contributed by atoms with Crippen LogP contribution in [0.5, 0.6) is 0 Å². The maximum atomic E-state index is 11.8. The average Bonchev–Trinajstić information content (AvgIpc) is 2.76. The van der Waals surface area contributed by atoms with Gasteiger partial charge in [0, 0.05) is 26.4 Å². The number of aromatic nitrogens is 4. The van der Waals surface area contributed by atoms with Crippen molar-refractivity contribution in [3.05, 3.63) is 24.0 Å². The second kappa shape index (κ2) is 3.69. The van der Waals surface area contributed by atoms with Crippen LogP contribution in [0.1, 0.15) is 10.4 Å². The third kappa shape index (κ3) is 1.74. The molecule has 0 spiro atoms. The number of amides is 1. The first-order valence-electron chi connectivity index (χ1n) is 4.66. The van der Waals surface area contributed by atoms with Crippen LogP contribution < -0.4 is 11.1 Å². The molecule has 0 atom stereocenters. The molecule has 7 nitrogen and oxygen atoms in total. The molecule has 0 saturated carbocycles. The van der Waals surface area contributed by atoms with E-state index in [1.807, 2.05) is 0 Å². The Labute approximate surface area is 91.8 Å². The van der Waals surface area contributed by atoms with Crippen molar-refractivity contribution < 1.29 is 4.79 Å². The number of nitrogens with one attached hydrogen (secondary N) is 1. The molecule has 0 aromatic carbocycles. The van der Waals surface area contributed by atoms with Gasteiger partial charge in [0.05, 0.1) is 6.20 Å². The lowest BCUT2D eigenvalue weighted by atomic mass is 10.3. The van der Waals surface area contributed by atoms with Crippen molar-refractivity contribution in [3.63, 3.8) is 0 Å². The summed E-state index contributed by atoms with van der Waals surface area (Å²) in [5.41, 5.74) is 6.02. The second-order valence-corrected chi connectivity index (χ2v) is 3.40. The third-order valence-corrected chi connectivity index (χ3v) is 2.18. The number of nitrogens with two attached hydrogens (primary N) is 1. The van der Waals surface area contributed by atoms with Gasteiger partial charge in [-0.15, -0.1) is 0 Å². The Morgan fingerprint density at radius 1 is 1.50 bits per heavy atom. The minimum absolute atomic E-state index is 0.315. The topological polar surface area (TPSA) is 90.8 Å². The van der Waals surface area contributed by atoms with Gasteiger partial charge >= 0.3 is 0 Å². The summed E-state index contributed by atoms with van der Waals surface area (Å²) in [6.45, 7) is 0. The molecule has 2 heterocycles. The van der Waals surface area contributed by atoms with Gasteiger partial charge < -0.3 is 11.1 Å². The first-order chi connectivity index (χ1) is 7.58. The van der Waals surface area contributed by atoms with Crippen molar-refractivity contribution in [2.75, 3.05) is 11.1 Å². The summed E-state index contributed by atoms with van der Waals surface area (Å²) in [6, 6.07) is 1.70. The van der Waals surface area contributed by atoms with E-state index in [4.69, 9.17) is 5.73 Å². The number of hydrogen-bond donors (Lipinski definition) is 2. The summed E-state index contributed by atoms with van der Waals surface area (Å²) in [5.74, 6) is 0.494. The smallest absolute Gasteiger partial charge is 0.262 e. The second-order valence-electron chi connectivity index (χ2n) is 3.40. The molecule has 16 heavy (non-hydrogen) atoms. The predicted octanol–water partition coefficient (Wildman–Crippen LogP) is -0.0119. The van der Waals surface area contributed by atoms with Crippen LogP contribution in [-0.4, -0.2) is 25.5 Å². The van der Waals surface area contributed by atoms with Crippen molar-refractivity contribution in [2.24, 2.45) is 14.1 Å². The first kappa shape index (κ1) is 10.2. The standard InChI is InChI=1S/C9H12N6O/c1-14-4-3-7(13-14)12-9(16)6-5-11-15(2)8(6)10/h3-5H,10H2,1-2H3,(H,12,13,16). The zero-order valence-corrected chi connectivity index (χ0v) is 9.01. The summed E-state index contributed by atoms with van der Waals surface area (Å²) in [7, 11) is 3.45. The summed E-state index contributed by atoms with van der Waals surface area (Å²) in [6.07, 6.45) is 3.16. The number of carbonyl (C=O) groups is 1. The molecule has 0 saturated heterocycles. The van der Waals surface area contributed by atoms with Gasteiger partial charge in [0.15, 0.2) is 5.82 Å². The molecule has 0 aliphatic carbocycles. The van der Waals surface area contributed by atoms with Crippen LogP contribution in [0.4, 0.5) is 11.6 Å². The molecule has 0 fully saturated rings. The summed E-state index contributed by atoms with van der Waals surface area (Å²) < 4.78 is 3.04. The van der Waals surface area contributed by atoms with E-state index in [0.717, 1.165) is 0 Å².